The first kappa shape index (κ1) is 12.9. The maximum absolute atomic E-state index is 11.8. The predicted octanol–water partition coefficient (Wildman–Crippen LogP) is 0.0760. The zero-order valence-electron chi connectivity index (χ0n) is 9.74. The van der Waals surface area contributed by atoms with Crippen molar-refractivity contribution in [1.82, 2.24) is 9.03 Å². The van der Waals surface area contributed by atoms with Crippen LogP contribution in [0.1, 0.15) is 34.1 Å². The molecule has 1 fully saturated rings. The Hall–Kier alpha value is -0.170. The van der Waals surface area contributed by atoms with Crippen LogP contribution in [0.15, 0.2) is 0 Å². The maximum Gasteiger partial charge on any atom is 0.280 e. The van der Waals surface area contributed by atoms with E-state index in [0.29, 0.717) is 13.0 Å². The lowest BCUT2D eigenvalue weighted by Crippen LogP contribution is -2.48. The molecule has 0 aliphatic carbocycles. The third-order valence-corrected chi connectivity index (χ3v) is 4.05. The molecule has 0 saturated carbocycles. The first-order valence-corrected chi connectivity index (χ1v) is 6.47. The Morgan fingerprint density at radius 3 is 2.27 bits per heavy atom. The maximum atomic E-state index is 11.8. The normalized spacial score (nSPS) is 29.7. The van der Waals surface area contributed by atoms with Crippen molar-refractivity contribution in [3.8, 4) is 0 Å². The summed E-state index contributed by atoms with van der Waals surface area (Å²) in [5.41, 5.74) is -1.39. The van der Waals surface area contributed by atoms with E-state index in [2.05, 4.69) is 4.72 Å². The molecule has 1 aliphatic rings. The Balaban J connectivity index is 2.73. The van der Waals surface area contributed by atoms with Crippen molar-refractivity contribution in [2.75, 3.05) is 13.1 Å². The van der Waals surface area contributed by atoms with Crippen molar-refractivity contribution in [3.63, 3.8) is 0 Å². The molecule has 1 heterocycles. The van der Waals surface area contributed by atoms with Crippen LogP contribution in [0.5, 0.6) is 0 Å². The summed E-state index contributed by atoms with van der Waals surface area (Å²) in [4.78, 5) is 0. The number of nitrogens with one attached hydrogen (secondary N) is 1. The van der Waals surface area contributed by atoms with Crippen LogP contribution in [-0.4, -0.2) is 42.1 Å². The second-order valence-corrected chi connectivity index (χ2v) is 7.11. The number of rotatable bonds is 2. The van der Waals surface area contributed by atoms with E-state index in [-0.39, 0.29) is 6.54 Å². The Labute approximate surface area is 91.7 Å². The second kappa shape index (κ2) is 3.69. The highest BCUT2D eigenvalue weighted by atomic mass is 32.2. The molecule has 90 valence electrons. The molecule has 6 heteroatoms. The fourth-order valence-corrected chi connectivity index (χ4v) is 3.24. The molecule has 5 nitrogen and oxygen atoms in total. The van der Waals surface area contributed by atoms with E-state index in [0.717, 1.165) is 0 Å². The first-order chi connectivity index (χ1) is 6.52. The van der Waals surface area contributed by atoms with Crippen LogP contribution in [0.3, 0.4) is 0 Å². The lowest BCUT2D eigenvalue weighted by Gasteiger charge is -2.25. The van der Waals surface area contributed by atoms with Gasteiger partial charge in [0.15, 0.2) is 0 Å². The Kier molecular flexibility index (Phi) is 3.17. The molecule has 0 aromatic heterocycles. The van der Waals surface area contributed by atoms with Gasteiger partial charge in [0.2, 0.25) is 0 Å². The molecule has 1 rings (SSSR count). The van der Waals surface area contributed by atoms with E-state index >= 15 is 0 Å². The van der Waals surface area contributed by atoms with Gasteiger partial charge in [-0.25, -0.2) is 0 Å². The van der Waals surface area contributed by atoms with Crippen LogP contribution in [-0.2, 0) is 10.2 Å². The summed E-state index contributed by atoms with van der Waals surface area (Å²) in [6.07, 6.45) is 0.484. The summed E-state index contributed by atoms with van der Waals surface area (Å²) in [6.45, 7) is 7.56. The molecular weight excluding hydrogens is 216 g/mol. The largest absolute Gasteiger partial charge is 0.389 e. The van der Waals surface area contributed by atoms with Gasteiger partial charge in [0.25, 0.3) is 10.2 Å². The monoisotopic (exact) mass is 236 g/mol. The summed E-state index contributed by atoms with van der Waals surface area (Å²) >= 11 is 0. The van der Waals surface area contributed by atoms with Crippen molar-refractivity contribution < 1.29 is 13.5 Å². The summed E-state index contributed by atoms with van der Waals surface area (Å²) in [5, 5.41) is 9.69. The Morgan fingerprint density at radius 1 is 1.40 bits per heavy atom. The first-order valence-electron chi connectivity index (χ1n) is 5.03. The molecule has 0 aromatic rings. The van der Waals surface area contributed by atoms with Crippen molar-refractivity contribution in [1.29, 1.82) is 0 Å². The summed E-state index contributed by atoms with van der Waals surface area (Å²) in [5.74, 6) is 0. The Bertz CT molecular complexity index is 330. The topological polar surface area (TPSA) is 69.6 Å². The molecule has 0 bridgehead atoms. The number of hydrogen-bond donors (Lipinski definition) is 2. The fraction of sp³-hybridized carbons (Fsp3) is 1.00. The van der Waals surface area contributed by atoms with Crippen molar-refractivity contribution in [2.24, 2.45) is 0 Å². The number of aliphatic hydroxyl groups is 1. The predicted molar refractivity (Wildman–Crippen MR) is 58.6 cm³/mol. The zero-order valence-corrected chi connectivity index (χ0v) is 10.6. The van der Waals surface area contributed by atoms with Gasteiger partial charge in [0.1, 0.15) is 0 Å². The van der Waals surface area contributed by atoms with Gasteiger partial charge in [-0.05, 0) is 34.1 Å². The molecule has 1 atom stereocenters. The van der Waals surface area contributed by atoms with Crippen molar-refractivity contribution >= 4 is 10.2 Å². The van der Waals surface area contributed by atoms with E-state index in [4.69, 9.17) is 0 Å². The van der Waals surface area contributed by atoms with E-state index in [1.807, 2.05) is 0 Å². The average molecular weight is 236 g/mol. The van der Waals surface area contributed by atoms with Gasteiger partial charge in [0, 0.05) is 18.6 Å². The molecule has 1 saturated heterocycles. The lowest BCUT2D eigenvalue weighted by molar-refractivity contribution is 0.0760. The third-order valence-electron chi connectivity index (χ3n) is 2.19. The van der Waals surface area contributed by atoms with E-state index in [1.54, 1.807) is 27.7 Å². The fourth-order valence-electron chi connectivity index (χ4n) is 1.56. The molecule has 0 spiro atoms. The van der Waals surface area contributed by atoms with Gasteiger partial charge in [-0.15, -0.1) is 0 Å². The standard InChI is InChI=1S/C9H20N2O3S/c1-8(2,3)10-15(13,14)11-6-5-9(4,12)7-11/h10,12H,5-7H2,1-4H3. The second-order valence-electron chi connectivity index (χ2n) is 5.44. The van der Waals surface area contributed by atoms with E-state index in [9.17, 15) is 13.5 Å². The van der Waals surface area contributed by atoms with Gasteiger partial charge in [0.05, 0.1) is 5.60 Å². The van der Waals surface area contributed by atoms with Crippen LogP contribution in [0.25, 0.3) is 0 Å². The molecule has 1 unspecified atom stereocenters. The molecule has 0 radical (unpaired) electrons. The van der Waals surface area contributed by atoms with Crippen molar-refractivity contribution in [3.05, 3.63) is 0 Å². The van der Waals surface area contributed by atoms with Gasteiger partial charge >= 0.3 is 0 Å². The zero-order chi connectivity index (χ0) is 11.9. The molecule has 2 N–H and O–H groups in total. The summed E-state index contributed by atoms with van der Waals surface area (Å²) in [6, 6.07) is 0. The molecule has 1 aliphatic heterocycles. The molecule has 0 aromatic carbocycles. The smallest absolute Gasteiger partial charge is 0.280 e. The highest BCUT2D eigenvalue weighted by Gasteiger charge is 2.38. The average Bonchev–Trinajstić information content (AvgIpc) is 2.25. The van der Waals surface area contributed by atoms with Crippen molar-refractivity contribution in [2.45, 2.75) is 45.3 Å². The summed E-state index contributed by atoms with van der Waals surface area (Å²) < 4.78 is 27.5. The van der Waals surface area contributed by atoms with Gasteiger partial charge in [-0.3, -0.25) is 0 Å². The number of nitrogens with zero attached hydrogens (tertiary/aromatic N) is 1. The summed E-state index contributed by atoms with van der Waals surface area (Å²) in [7, 11) is -3.47. The van der Waals surface area contributed by atoms with Gasteiger partial charge in [-0.2, -0.15) is 17.4 Å². The van der Waals surface area contributed by atoms with Gasteiger partial charge in [-0.1, -0.05) is 0 Å². The minimum Gasteiger partial charge on any atom is -0.389 e. The minimum atomic E-state index is -3.47. The number of β-amino-alcohol motifs (C(OH)–C–C–N with tert-alkyl or cyclic N) is 1. The quantitative estimate of drug-likeness (QED) is 0.713. The van der Waals surface area contributed by atoms with E-state index < -0.39 is 21.3 Å². The number of hydrogen-bond acceptors (Lipinski definition) is 3. The van der Waals surface area contributed by atoms with Crippen LogP contribution in [0.2, 0.25) is 0 Å². The van der Waals surface area contributed by atoms with Gasteiger partial charge < -0.3 is 5.11 Å². The molecule has 0 amide bonds. The minimum absolute atomic E-state index is 0.165. The highest BCUT2D eigenvalue weighted by Crippen LogP contribution is 2.22. The Morgan fingerprint density at radius 2 is 1.93 bits per heavy atom. The van der Waals surface area contributed by atoms with Crippen LogP contribution < -0.4 is 4.72 Å². The highest BCUT2D eigenvalue weighted by molar-refractivity contribution is 7.87. The molecular formula is C9H20N2O3S. The molecule has 15 heavy (non-hydrogen) atoms. The van der Waals surface area contributed by atoms with Crippen LogP contribution in [0.4, 0.5) is 0 Å². The third kappa shape index (κ3) is 3.71. The van der Waals surface area contributed by atoms with E-state index in [1.165, 1.54) is 4.31 Å². The van der Waals surface area contributed by atoms with Crippen LogP contribution >= 0.6 is 0 Å². The lowest BCUT2D eigenvalue weighted by atomic mass is 10.1. The SMILES string of the molecule is CC1(O)CCN(S(=O)(=O)NC(C)(C)C)C1. The van der Waals surface area contributed by atoms with Crippen LogP contribution in [0, 0.1) is 0 Å².